The van der Waals surface area contributed by atoms with Crippen molar-refractivity contribution >= 4 is 16.7 Å². The maximum Gasteiger partial charge on any atom is 0.308 e. The van der Waals surface area contributed by atoms with Crippen LogP contribution in [0.25, 0.3) is 10.8 Å². The Balaban J connectivity index is 2.85. The van der Waals surface area contributed by atoms with Crippen LogP contribution in [0, 0.1) is 6.92 Å². The van der Waals surface area contributed by atoms with Crippen molar-refractivity contribution in [3.05, 3.63) is 35.4 Å². The average Bonchev–Trinajstić information content (AvgIpc) is 2.35. The van der Waals surface area contributed by atoms with Gasteiger partial charge < -0.3 is 9.84 Å². The van der Waals surface area contributed by atoms with E-state index in [4.69, 9.17) is 4.74 Å². The molecule has 3 nitrogen and oxygen atoms in total. The molecule has 0 aliphatic heterocycles. The number of benzene rings is 2. The van der Waals surface area contributed by atoms with E-state index in [2.05, 4.69) is 0 Å². The highest BCUT2D eigenvalue weighted by Crippen LogP contribution is 2.39. The van der Waals surface area contributed by atoms with E-state index in [0.717, 1.165) is 21.9 Å². The maximum atomic E-state index is 11.2. The van der Waals surface area contributed by atoms with Gasteiger partial charge in [-0.15, -0.1) is 0 Å². The average molecular weight is 244 g/mol. The molecule has 0 atom stereocenters. The van der Waals surface area contributed by atoms with E-state index >= 15 is 0 Å². The molecular weight excluding hydrogens is 228 g/mol. The minimum Gasteiger partial charge on any atom is -0.507 e. The molecule has 0 saturated heterocycles. The predicted octanol–water partition coefficient (Wildman–Crippen LogP) is 3.34. The normalized spacial score (nSPS) is 10.6. The van der Waals surface area contributed by atoms with E-state index in [9.17, 15) is 9.90 Å². The summed E-state index contributed by atoms with van der Waals surface area (Å²) in [5.41, 5.74) is 1.65. The zero-order valence-electron chi connectivity index (χ0n) is 10.8. The lowest BCUT2D eigenvalue weighted by Crippen LogP contribution is -2.05. The number of esters is 1. The summed E-state index contributed by atoms with van der Waals surface area (Å²) >= 11 is 0. The van der Waals surface area contributed by atoms with Gasteiger partial charge in [0.05, 0.1) is 0 Å². The van der Waals surface area contributed by atoms with Gasteiger partial charge in [0.1, 0.15) is 11.5 Å². The third-order valence-corrected chi connectivity index (χ3v) is 3.11. The zero-order chi connectivity index (χ0) is 13.3. The number of fused-ring (bicyclic) bond motifs is 1. The van der Waals surface area contributed by atoms with E-state index in [1.54, 1.807) is 0 Å². The maximum absolute atomic E-state index is 11.2. The lowest BCUT2D eigenvalue weighted by Gasteiger charge is -2.15. The van der Waals surface area contributed by atoms with Crippen LogP contribution >= 0.6 is 0 Å². The van der Waals surface area contributed by atoms with Crippen molar-refractivity contribution in [1.29, 1.82) is 0 Å². The lowest BCUT2D eigenvalue weighted by molar-refractivity contribution is -0.131. The number of carbonyl (C=O) groups is 1. The third kappa shape index (κ3) is 1.92. The Bertz CT molecular complexity index is 615. The molecule has 1 N–H and O–H groups in total. The van der Waals surface area contributed by atoms with E-state index in [-0.39, 0.29) is 11.7 Å². The highest BCUT2D eigenvalue weighted by Gasteiger charge is 2.17. The number of phenolic OH excluding ortho intramolecular Hbond substituents is 1. The summed E-state index contributed by atoms with van der Waals surface area (Å²) in [7, 11) is 0. The smallest absolute Gasteiger partial charge is 0.308 e. The van der Waals surface area contributed by atoms with Gasteiger partial charge in [0.25, 0.3) is 0 Å². The summed E-state index contributed by atoms with van der Waals surface area (Å²) in [4.78, 5) is 11.2. The van der Waals surface area contributed by atoms with E-state index in [1.807, 2.05) is 38.1 Å². The molecule has 18 heavy (non-hydrogen) atoms. The first-order chi connectivity index (χ1) is 8.56. The van der Waals surface area contributed by atoms with Crippen LogP contribution in [0.5, 0.6) is 11.5 Å². The Morgan fingerprint density at radius 1 is 1.28 bits per heavy atom. The molecule has 0 saturated carbocycles. The van der Waals surface area contributed by atoms with Crippen LogP contribution in [0.3, 0.4) is 0 Å². The third-order valence-electron chi connectivity index (χ3n) is 3.11. The molecule has 2 aromatic carbocycles. The van der Waals surface area contributed by atoms with Crippen molar-refractivity contribution in [2.75, 3.05) is 0 Å². The lowest BCUT2D eigenvalue weighted by atomic mass is 9.97. The number of phenols is 1. The molecule has 0 radical (unpaired) electrons. The van der Waals surface area contributed by atoms with Crippen molar-refractivity contribution in [2.45, 2.75) is 27.2 Å². The van der Waals surface area contributed by atoms with Crippen LogP contribution in [-0.2, 0) is 11.2 Å². The second-order valence-corrected chi connectivity index (χ2v) is 4.27. The Labute approximate surface area is 106 Å². The van der Waals surface area contributed by atoms with Gasteiger partial charge in [-0.2, -0.15) is 0 Å². The number of rotatable bonds is 2. The molecule has 0 unspecified atom stereocenters. The summed E-state index contributed by atoms with van der Waals surface area (Å²) in [6.07, 6.45) is 0.691. The van der Waals surface area contributed by atoms with Crippen molar-refractivity contribution in [2.24, 2.45) is 0 Å². The number of hydrogen-bond acceptors (Lipinski definition) is 3. The minimum atomic E-state index is -0.351. The fraction of sp³-hybridized carbons (Fsp3) is 0.267. The van der Waals surface area contributed by atoms with E-state index < -0.39 is 0 Å². The molecule has 0 bridgehead atoms. The summed E-state index contributed by atoms with van der Waals surface area (Å²) < 4.78 is 5.31. The molecule has 0 heterocycles. The highest BCUT2D eigenvalue weighted by molar-refractivity contribution is 5.97. The van der Waals surface area contributed by atoms with Crippen LogP contribution in [0.2, 0.25) is 0 Å². The van der Waals surface area contributed by atoms with Crippen LogP contribution in [0.1, 0.15) is 25.0 Å². The second-order valence-electron chi connectivity index (χ2n) is 4.27. The van der Waals surface area contributed by atoms with Crippen LogP contribution in [0.4, 0.5) is 0 Å². The SMILES string of the molecule is CCc1c(C)c(OC(C)=O)c2ccccc2c1O. The molecule has 0 aromatic heterocycles. The van der Waals surface area contributed by atoms with Crippen LogP contribution in [-0.4, -0.2) is 11.1 Å². The summed E-state index contributed by atoms with van der Waals surface area (Å²) in [5, 5.41) is 11.7. The van der Waals surface area contributed by atoms with Gasteiger partial charge >= 0.3 is 5.97 Å². The van der Waals surface area contributed by atoms with Gasteiger partial charge in [0.15, 0.2) is 0 Å². The minimum absolute atomic E-state index is 0.279. The van der Waals surface area contributed by atoms with Gasteiger partial charge in [0, 0.05) is 23.3 Å². The van der Waals surface area contributed by atoms with Gasteiger partial charge in [-0.05, 0) is 18.9 Å². The first kappa shape index (κ1) is 12.4. The molecule has 0 amide bonds. The van der Waals surface area contributed by atoms with Crippen molar-refractivity contribution in [3.63, 3.8) is 0 Å². The number of aromatic hydroxyl groups is 1. The Morgan fingerprint density at radius 2 is 1.89 bits per heavy atom. The molecule has 2 aromatic rings. The van der Waals surface area contributed by atoms with Gasteiger partial charge in [0.2, 0.25) is 0 Å². The first-order valence-electron chi connectivity index (χ1n) is 5.97. The summed E-state index contributed by atoms with van der Waals surface area (Å²) in [6, 6.07) is 7.39. The molecule has 0 fully saturated rings. The molecule has 0 aliphatic carbocycles. The topological polar surface area (TPSA) is 46.5 Å². The quantitative estimate of drug-likeness (QED) is 0.651. The number of ether oxygens (including phenoxy) is 1. The zero-order valence-corrected chi connectivity index (χ0v) is 10.8. The van der Waals surface area contributed by atoms with E-state index in [0.29, 0.717) is 12.2 Å². The molecule has 0 aliphatic rings. The van der Waals surface area contributed by atoms with Crippen molar-refractivity contribution < 1.29 is 14.6 Å². The fourth-order valence-corrected chi connectivity index (χ4v) is 2.27. The molecular formula is C15H16O3. The predicted molar refractivity (Wildman–Crippen MR) is 71.0 cm³/mol. The highest BCUT2D eigenvalue weighted by atomic mass is 16.5. The summed E-state index contributed by atoms with van der Waals surface area (Å²) in [5.74, 6) is 0.477. The standard InChI is InChI=1S/C15H16O3/c1-4-11-9(2)15(18-10(3)16)13-8-6-5-7-12(13)14(11)17/h5-8,17H,4H2,1-3H3. The fourth-order valence-electron chi connectivity index (χ4n) is 2.27. The molecule has 94 valence electrons. The monoisotopic (exact) mass is 244 g/mol. The number of hydrogen-bond donors (Lipinski definition) is 1. The van der Waals surface area contributed by atoms with Crippen molar-refractivity contribution in [3.8, 4) is 11.5 Å². The first-order valence-corrected chi connectivity index (χ1v) is 5.97. The summed E-state index contributed by atoms with van der Waals surface area (Å²) in [6.45, 7) is 5.21. The van der Waals surface area contributed by atoms with Crippen LogP contribution in [0.15, 0.2) is 24.3 Å². The van der Waals surface area contributed by atoms with Crippen molar-refractivity contribution in [1.82, 2.24) is 0 Å². The van der Waals surface area contributed by atoms with Gasteiger partial charge in [-0.25, -0.2) is 0 Å². The van der Waals surface area contributed by atoms with Gasteiger partial charge in [-0.1, -0.05) is 31.2 Å². The molecule has 0 spiro atoms. The second kappa shape index (κ2) is 4.69. The molecule has 3 heteroatoms. The van der Waals surface area contributed by atoms with E-state index in [1.165, 1.54) is 6.92 Å². The number of carbonyl (C=O) groups excluding carboxylic acids is 1. The van der Waals surface area contributed by atoms with Gasteiger partial charge in [-0.3, -0.25) is 4.79 Å². The Kier molecular flexibility index (Phi) is 3.24. The molecule has 2 rings (SSSR count). The largest absolute Gasteiger partial charge is 0.507 e. The Morgan fingerprint density at radius 3 is 2.44 bits per heavy atom. The Hall–Kier alpha value is -2.03. The van der Waals surface area contributed by atoms with Crippen LogP contribution < -0.4 is 4.74 Å².